The zero-order valence-corrected chi connectivity index (χ0v) is 9.11. The lowest BCUT2D eigenvalue weighted by molar-refractivity contribution is 1.12. The summed E-state index contributed by atoms with van der Waals surface area (Å²) in [6.45, 7) is 5.68. The van der Waals surface area contributed by atoms with Gasteiger partial charge in [0.05, 0.1) is 0 Å². The first-order valence-corrected chi connectivity index (χ1v) is 5.07. The number of hydrogen-bond acceptors (Lipinski definition) is 1. The molecule has 0 aliphatic heterocycles. The van der Waals surface area contributed by atoms with Crippen LogP contribution in [0.5, 0.6) is 0 Å². The van der Waals surface area contributed by atoms with Crippen LogP contribution in [0.4, 0.5) is 0 Å². The summed E-state index contributed by atoms with van der Waals surface area (Å²) in [5.41, 5.74) is 2.46. The van der Waals surface area contributed by atoms with Crippen LogP contribution in [0.15, 0.2) is 72.7 Å². The van der Waals surface area contributed by atoms with Gasteiger partial charge in [-0.3, -0.25) is 0 Å². The number of nitrogens with one attached hydrogen (secondary N) is 1. The zero-order valence-electron chi connectivity index (χ0n) is 9.11. The van der Waals surface area contributed by atoms with Crippen molar-refractivity contribution in [3.8, 4) is 0 Å². The van der Waals surface area contributed by atoms with Crippen molar-refractivity contribution in [1.29, 1.82) is 0 Å². The normalized spacial score (nSPS) is 18.7. The quantitative estimate of drug-likeness (QED) is 0.682. The third kappa shape index (κ3) is 4.87. The smallest absolute Gasteiger partial charge is 0.00399 e. The van der Waals surface area contributed by atoms with E-state index in [1.807, 2.05) is 37.6 Å². The lowest BCUT2D eigenvalue weighted by Crippen LogP contribution is -1.95. The summed E-state index contributed by atoms with van der Waals surface area (Å²) in [7, 11) is 0. The van der Waals surface area contributed by atoms with E-state index in [0.29, 0.717) is 0 Å². The SMILES string of the molecule is C=CC=C(C)C=CNC=C1C=CC=CC1. The molecule has 0 saturated heterocycles. The van der Waals surface area contributed by atoms with Gasteiger partial charge in [0, 0.05) is 12.4 Å². The molecule has 1 rings (SSSR count). The summed E-state index contributed by atoms with van der Waals surface area (Å²) in [5.74, 6) is 0. The highest BCUT2D eigenvalue weighted by atomic mass is 14.8. The van der Waals surface area contributed by atoms with E-state index in [-0.39, 0.29) is 0 Å². The van der Waals surface area contributed by atoms with E-state index in [1.54, 1.807) is 6.08 Å². The molecule has 0 aromatic carbocycles. The minimum absolute atomic E-state index is 0.999. The van der Waals surface area contributed by atoms with Crippen LogP contribution in [0.1, 0.15) is 13.3 Å². The van der Waals surface area contributed by atoms with Crippen molar-refractivity contribution in [3.05, 3.63) is 72.7 Å². The molecule has 0 aromatic rings. The fraction of sp³-hybridized carbons (Fsp3) is 0.143. The Balaban J connectivity index is 2.38. The first-order chi connectivity index (χ1) is 7.33. The molecular formula is C14H17N. The lowest BCUT2D eigenvalue weighted by atomic mass is 10.1. The average Bonchev–Trinajstić information content (AvgIpc) is 2.26. The van der Waals surface area contributed by atoms with Crippen molar-refractivity contribution in [2.24, 2.45) is 0 Å². The summed E-state index contributed by atoms with van der Waals surface area (Å²) in [6.07, 6.45) is 19.1. The molecule has 15 heavy (non-hydrogen) atoms. The molecule has 0 aromatic heterocycles. The van der Waals surface area contributed by atoms with Crippen molar-refractivity contribution >= 4 is 0 Å². The molecule has 1 N–H and O–H groups in total. The van der Waals surface area contributed by atoms with Crippen molar-refractivity contribution in [2.75, 3.05) is 0 Å². The van der Waals surface area contributed by atoms with Crippen LogP contribution in [-0.2, 0) is 0 Å². The van der Waals surface area contributed by atoms with Crippen molar-refractivity contribution in [1.82, 2.24) is 5.32 Å². The van der Waals surface area contributed by atoms with Gasteiger partial charge in [0.1, 0.15) is 0 Å². The van der Waals surface area contributed by atoms with E-state index in [9.17, 15) is 0 Å². The van der Waals surface area contributed by atoms with E-state index in [2.05, 4.69) is 30.1 Å². The molecule has 0 radical (unpaired) electrons. The van der Waals surface area contributed by atoms with Crippen LogP contribution in [0.25, 0.3) is 0 Å². The topological polar surface area (TPSA) is 12.0 Å². The summed E-state index contributed by atoms with van der Waals surface area (Å²) in [4.78, 5) is 0. The molecule has 0 amide bonds. The van der Waals surface area contributed by atoms with Crippen LogP contribution in [-0.4, -0.2) is 0 Å². The highest BCUT2D eigenvalue weighted by molar-refractivity contribution is 5.29. The van der Waals surface area contributed by atoms with Gasteiger partial charge in [-0.25, -0.2) is 0 Å². The standard InChI is InChI=1S/C14H17N/c1-3-7-13(2)10-11-15-12-14-8-5-4-6-9-14/h3-8,10-12,15H,1,9H2,2H3. The molecule has 0 fully saturated rings. The molecule has 1 aliphatic carbocycles. The minimum atomic E-state index is 0.999. The Bertz CT molecular complexity index is 352. The number of rotatable bonds is 4. The summed E-state index contributed by atoms with van der Waals surface area (Å²) >= 11 is 0. The third-order valence-electron chi connectivity index (χ3n) is 2.00. The highest BCUT2D eigenvalue weighted by Gasteiger charge is 1.90. The van der Waals surface area contributed by atoms with E-state index in [0.717, 1.165) is 6.42 Å². The fourth-order valence-corrected chi connectivity index (χ4v) is 1.21. The second kappa shape index (κ2) is 6.66. The monoisotopic (exact) mass is 199 g/mol. The minimum Gasteiger partial charge on any atom is -0.367 e. The van der Waals surface area contributed by atoms with Gasteiger partial charge in [-0.2, -0.15) is 0 Å². The van der Waals surface area contributed by atoms with Gasteiger partial charge in [0.2, 0.25) is 0 Å². The molecule has 1 heteroatoms. The molecule has 0 spiro atoms. The second-order valence-corrected chi connectivity index (χ2v) is 3.36. The second-order valence-electron chi connectivity index (χ2n) is 3.36. The van der Waals surface area contributed by atoms with Crippen LogP contribution in [0, 0.1) is 0 Å². The Labute approximate surface area is 91.9 Å². The predicted molar refractivity (Wildman–Crippen MR) is 67.2 cm³/mol. The van der Waals surface area contributed by atoms with E-state index in [4.69, 9.17) is 0 Å². The maximum Gasteiger partial charge on any atom is 0.00399 e. The van der Waals surface area contributed by atoms with Crippen LogP contribution < -0.4 is 5.32 Å². The maximum atomic E-state index is 3.64. The van der Waals surface area contributed by atoms with Crippen LogP contribution >= 0.6 is 0 Å². The number of allylic oxidation sites excluding steroid dienone is 9. The van der Waals surface area contributed by atoms with Gasteiger partial charge >= 0.3 is 0 Å². The molecule has 0 heterocycles. The average molecular weight is 199 g/mol. The molecule has 1 aliphatic rings. The summed E-state index contributed by atoms with van der Waals surface area (Å²) in [5, 5.41) is 3.14. The van der Waals surface area contributed by atoms with Gasteiger partial charge < -0.3 is 5.32 Å². The first kappa shape index (κ1) is 11.3. The first-order valence-electron chi connectivity index (χ1n) is 5.07. The fourth-order valence-electron chi connectivity index (χ4n) is 1.21. The van der Waals surface area contributed by atoms with Gasteiger partial charge in [-0.05, 0) is 30.6 Å². The van der Waals surface area contributed by atoms with Crippen molar-refractivity contribution < 1.29 is 0 Å². The maximum absolute atomic E-state index is 3.64. The van der Waals surface area contributed by atoms with Gasteiger partial charge in [-0.15, -0.1) is 0 Å². The summed E-state index contributed by atoms with van der Waals surface area (Å²) < 4.78 is 0. The lowest BCUT2D eigenvalue weighted by Gasteiger charge is -2.01. The molecule has 0 unspecified atom stereocenters. The van der Waals surface area contributed by atoms with Gasteiger partial charge in [0.25, 0.3) is 0 Å². The molecule has 0 saturated carbocycles. The molecular weight excluding hydrogens is 182 g/mol. The van der Waals surface area contributed by atoms with Crippen LogP contribution in [0.2, 0.25) is 0 Å². The number of hydrogen-bond donors (Lipinski definition) is 1. The van der Waals surface area contributed by atoms with Gasteiger partial charge in [-0.1, -0.05) is 43.0 Å². The highest BCUT2D eigenvalue weighted by Crippen LogP contribution is 2.08. The molecule has 0 bridgehead atoms. The molecule has 1 nitrogen and oxygen atoms in total. The van der Waals surface area contributed by atoms with Crippen molar-refractivity contribution in [2.45, 2.75) is 13.3 Å². The molecule has 0 atom stereocenters. The Morgan fingerprint density at radius 2 is 2.33 bits per heavy atom. The zero-order chi connectivity index (χ0) is 10.9. The van der Waals surface area contributed by atoms with Crippen LogP contribution in [0.3, 0.4) is 0 Å². The van der Waals surface area contributed by atoms with E-state index >= 15 is 0 Å². The molecule has 78 valence electrons. The van der Waals surface area contributed by atoms with Gasteiger partial charge in [0.15, 0.2) is 0 Å². The summed E-state index contributed by atoms with van der Waals surface area (Å²) in [6, 6.07) is 0. The Kier molecular flexibility index (Phi) is 5.02. The Morgan fingerprint density at radius 1 is 1.47 bits per heavy atom. The largest absolute Gasteiger partial charge is 0.367 e. The van der Waals surface area contributed by atoms with E-state index in [1.165, 1.54) is 11.1 Å². The van der Waals surface area contributed by atoms with E-state index < -0.39 is 0 Å². The third-order valence-corrected chi connectivity index (χ3v) is 2.00. The van der Waals surface area contributed by atoms with Crippen molar-refractivity contribution in [3.63, 3.8) is 0 Å². The predicted octanol–water partition coefficient (Wildman–Crippen LogP) is 3.62. The Hall–Kier alpha value is -1.76. The Morgan fingerprint density at radius 3 is 3.00 bits per heavy atom.